The van der Waals surface area contributed by atoms with E-state index in [9.17, 15) is 13.6 Å². The van der Waals surface area contributed by atoms with Gasteiger partial charge in [-0.15, -0.1) is 0 Å². The summed E-state index contributed by atoms with van der Waals surface area (Å²) in [6.45, 7) is 1.22. The number of nitrogens with zero attached hydrogens (tertiary/aromatic N) is 1. The van der Waals surface area contributed by atoms with Gasteiger partial charge in [0.1, 0.15) is 6.10 Å². The molecule has 0 fully saturated rings. The molecule has 1 aromatic rings. The van der Waals surface area contributed by atoms with Gasteiger partial charge in [-0.05, 0) is 17.7 Å². The summed E-state index contributed by atoms with van der Waals surface area (Å²) in [4.78, 5) is 10.9. The van der Waals surface area contributed by atoms with Gasteiger partial charge in [0.2, 0.25) is 0 Å². The van der Waals surface area contributed by atoms with Gasteiger partial charge in [-0.1, -0.05) is 6.07 Å². The molecule has 1 atom stereocenters. The smallest absolute Gasteiger partial charge is 0.303 e. The highest BCUT2D eigenvalue weighted by Gasteiger charge is 2.16. The highest BCUT2D eigenvalue weighted by Crippen LogP contribution is 2.24. The van der Waals surface area contributed by atoms with Crippen LogP contribution in [0.1, 0.15) is 31.4 Å². The Morgan fingerprint density at radius 3 is 2.71 bits per heavy atom. The predicted molar refractivity (Wildman–Crippen MR) is 55.7 cm³/mol. The molecule has 0 aromatic heterocycles. The van der Waals surface area contributed by atoms with Crippen LogP contribution in [0.15, 0.2) is 18.2 Å². The summed E-state index contributed by atoms with van der Waals surface area (Å²) in [5.74, 6) is -2.50. The van der Waals surface area contributed by atoms with Crippen molar-refractivity contribution in [3.63, 3.8) is 0 Å². The van der Waals surface area contributed by atoms with E-state index < -0.39 is 23.7 Å². The molecule has 0 aliphatic rings. The molecule has 1 unspecified atom stereocenters. The van der Waals surface area contributed by atoms with Crippen molar-refractivity contribution >= 4 is 5.97 Å². The van der Waals surface area contributed by atoms with Gasteiger partial charge in [0, 0.05) is 19.8 Å². The molecule has 0 N–H and O–H groups in total. The van der Waals surface area contributed by atoms with Crippen LogP contribution in [0.4, 0.5) is 8.78 Å². The number of carbonyl (C=O) groups excluding carboxylic acids is 1. The molecule has 0 aliphatic carbocycles. The number of esters is 1. The molecule has 0 saturated carbocycles. The third kappa shape index (κ3) is 3.83. The zero-order valence-electron chi connectivity index (χ0n) is 9.24. The average molecular weight is 239 g/mol. The molecule has 0 heterocycles. The number of ether oxygens (including phenoxy) is 1. The Balaban J connectivity index is 2.91. The van der Waals surface area contributed by atoms with Crippen LogP contribution in [0, 0.1) is 23.0 Å². The Labute approximate surface area is 97.6 Å². The Hall–Kier alpha value is -1.96. The van der Waals surface area contributed by atoms with Crippen LogP contribution < -0.4 is 0 Å². The summed E-state index contributed by atoms with van der Waals surface area (Å²) < 4.78 is 30.7. The standard InChI is InChI=1S/C12H11F2NO2/c1-8(16)17-12(3-2-6-15)9-4-5-10(13)11(14)7-9/h4-5,7,12H,2-3H2,1H3. The molecule has 0 bridgehead atoms. The second-order valence-corrected chi connectivity index (χ2v) is 3.47. The molecule has 0 spiro atoms. The van der Waals surface area contributed by atoms with E-state index in [2.05, 4.69) is 0 Å². The van der Waals surface area contributed by atoms with Crippen LogP contribution in [0.25, 0.3) is 0 Å². The molecule has 0 amide bonds. The van der Waals surface area contributed by atoms with E-state index in [0.717, 1.165) is 12.1 Å². The Bertz CT molecular complexity index is 454. The van der Waals surface area contributed by atoms with Crippen LogP contribution in [0.2, 0.25) is 0 Å². The zero-order chi connectivity index (χ0) is 12.8. The first-order chi connectivity index (χ1) is 8.04. The lowest BCUT2D eigenvalue weighted by atomic mass is 10.0. The number of rotatable bonds is 4. The number of hydrogen-bond acceptors (Lipinski definition) is 3. The van der Waals surface area contributed by atoms with Crippen molar-refractivity contribution in [3.05, 3.63) is 35.4 Å². The zero-order valence-corrected chi connectivity index (χ0v) is 9.24. The molecule has 1 aromatic carbocycles. The average Bonchev–Trinajstić information content (AvgIpc) is 2.27. The van der Waals surface area contributed by atoms with Crippen molar-refractivity contribution in [2.45, 2.75) is 25.9 Å². The molecule has 5 heteroatoms. The molecule has 3 nitrogen and oxygen atoms in total. The van der Waals surface area contributed by atoms with Crippen molar-refractivity contribution in [3.8, 4) is 6.07 Å². The van der Waals surface area contributed by atoms with E-state index in [4.69, 9.17) is 10.00 Å². The van der Waals surface area contributed by atoms with E-state index in [-0.39, 0.29) is 12.8 Å². The summed E-state index contributed by atoms with van der Waals surface area (Å²) in [6.07, 6.45) is -0.305. The fraction of sp³-hybridized carbons (Fsp3) is 0.333. The van der Waals surface area contributed by atoms with Crippen molar-refractivity contribution in [2.75, 3.05) is 0 Å². The predicted octanol–water partition coefficient (Wildman–Crippen LogP) is 2.87. The van der Waals surface area contributed by atoms with E-state index in [1.54, 1.807) is 0 Å². The number of carbonyl (C=O) groups is 1. The van der Waals surface area contributed by atoms with Crippen LogP contribution in [-0.2, 0) is 9.53 Å². The second-order valence-electron chi connectivity index (χ2n) is 3.47. The van der Waals surface area contributed by atoms with Crippen molar-refractivity contribution in [2.24, 2.45) is 0 Å². The first-order valence-corrected chi connectivity index (χ1v) is 5.03. The summed E-state index contributed by atoms with van der Waals surface area (Å²) in [7, 11) is 0. The summed E-state index contributed by atoms with van der Waals surface area (Å²) in [5, 5.41) is 8.47. The number of hydrogen-bond donors (Lipinski definition) is 0. The molecule has 1 rings (SSSR count). The number of halogens is 2. The SMILES string of the molecule is CC(=O)OC(CCC#N)c1ccc(F)c(F)c1. The summed E-state index contributed by atoms with van der Waals surface area (Å²) in [6, 6.07) is 5.18. The maximum atomic E-state index is 13.0. The first-order valence-electron chi connectivity index (χ1n) is 5.03. The first kappa shape index (κ1) is 13.1. The van der Waals surface area contributed by atoms with Crippen molar-refractivity contribution in [1.29, 1.82) is 5.26 Å². The molecule has 0 radical (unpaired) electrons. The topological polar surface area (TPSA) is 50.1 Å². The molecular formula is C12H11F2NO2. The number of nitriles is 1. The lowest BCUT2D eigenvalue weighted by molar-refractivity contribution is -0.147. The van der Waals surface area contributed by atoms with Gasteiger partial charge in [0.05, 0.1) is 6.07 Å². The third-order valence-corrected chi connectivity index (χ3v) is 2.14. The second kappa shape index (κ2) is 5.94. The molecule has 0 aliphatic heterocycles. The van der Waals surface area contributed by atoms with Crippen LogP contribution in [0.5, 0.6) is 0 Å². The normalized spacial score (nSPS) is 11.6. The number of benzene rings is 1. The van der Waals surface area contributed by atoms with Crippen molar-refractivity contribution in [1.82, 2.24) is 0 Å². The highest BCUT2D eigenvalue weighted by molar-refractivity contribution is 5.66. The van der Waals surface area contributed by atoms with E-state index in [0.29, 0.717) is 5.56 Å². The van der Waals surface area contributed by atoms with Gasteiger partial charge in [-0.25, -0.2) is 8.78 Å². The van der Waals surface area contributed by atoms with E-state index >= 15 is 0 Å². The quantitative estimate of drug-likeness (QED) is 0.759. The maximum absolute atomic E-state index is 13.0. The lowest BCUT2D eigenvalue weighted by Gasteiger charge is -2.16. The largest absolute Gasteiger partial charge is 0.458 e. The fourth-order valence-corrected chi connectivity index (χ4v) is 1.40. The molecule has 90 valence electrons. The van der Waals surface area contributed by atoms with Gasteiger partial charge in [-0.2, -0.15) is 5.26 Å². The van der Waals surface area contributed by atoms with Gasteiger partial charge >= 0.3 is 5.97 Å². The van der Waals surface area contributed by atoms with Crippen LogP contribution in [0.3, 0.4) is 0 Å². The van der Waals surface area contributed by atoms with E-state index in [1.165, 1.54) is 13.0 Å². The Kier molecular flexibility index (Phi) is 4.58. The van der Waals surface area contributed by atoms with Gasteiger partial charge in [0.25, 0.3) is 0 Å². The third-order valence-electron chi connectivity index (χ3n) is 2.14. The molecular weight excluding hydrogens is 228 g/mol. The minimum absolute atomic E-state index is 0.164. The molecule has 17 heavy (non-hydrogen) atoms. The monoisotopic (exact) mass is 239 g/mol. The fourth-order valence-electron chi connectivity index (χ4n) is 1.40. The Morgan fingerprint density at radius 1 is 1.47 bits per heavy atom. The summed E-state index contributed by atoms with van der Waals surface area (Å²) in [5.41, 5.74) is 0.342. The lowest BCUT2D eigenvalue weighted by Crippen LogP contribution is -2.09. The Morgan fingerprint density at radius 2 is 2.18 bits per heavy atom. The van der Waals surface area contributed by atoms with Gasteiger partial charge < -0.3 is 4.74 Å². The van der Waals surface area contributed by atoms with Gasteiger partial charge in [-0.3, -0.25) is 4.79 Å². The van der Waals surface area contributed by atoms with Crippen LogP contribution >= 0.6 is 0 Å². The van der Waals surface area contributed by atoms with E-state index in [1.807, 2.05) is 6.07 Å². The minimum Gasteiger partial charge on any atom is -0.458 e. The maximum Gasteiger partial charge on any atom is 0.303 e. The van der Waals surface area contributed by atoms with Crippen LogP contribution in [-0.4, -0.2) is 5.97 Å². The molecule has 0 saturated heterocycles. The minimum atomic E-state index is -1.00. The highest BCUT2D eigenvalue weighted by atomic mass is 19.2. The summed E-state index contributed by atoms with van der Waals surface area (Å²) >= 11 is 0. The van der Waals surface area contributed by atoms with Gasteiger partial charge in [0.15, 0.2) is 11.6 Å². The van der Waals surface area contributed by atoms with Crippen molar-refractivity contribution < 1.29 is 18.3 Å².